The van der Waals surface area contributed by atoms with Crippen molar-refractivity contribution in [1.29, 1.82) is 0 Å². The summed E-state index contributed by atoms with van der Waals surface area (Å²) in [6.07, 6.45) is 3.72. The molecule has 0 unspecified atom stereocenters. The number of carbonyl (C=O) groups is 1. The molecule has 0 aliphatic carbocycles. The van der Waals surface area contributed by atoms with Crippen LogP contribution in [0.3, 0.4) is 0 Å². The van der Waals surface area contributed by atoms with Gasteiger partial charge in [0.1, 0.15) is 5.82 Å². The Morgan fingerprint density at radius 3 is 2.64 bits per heavy atom. The van der Waals surface area contributed by atoms with E-state index in [1.165, 1.54) is 12.1 Å². The molecule has 0 spiro atoms. The number of nitrogen functional groups attached to an aromatic ring is 1. The van der Waals surface area contributed by atoms with E-state index in [1.807, 2.05) is 35.2 Å². The minimum Gasteiger partial charge on any atom is -0.368 e. The van der Waals surface area contributed by atoms with E-state index in [0.717, 1.165) is 35.2 Å². The minimum absolute atomic E-state index is 0.0657. The highest BCUT2D eigenvalue weighted by Crippen LogP contribution is 2.37. The molecular formula is C22H21FN4O. The Kier molecular flexibility index (Phi) is 5.02. The summed E-state index contributed by atoms with van der Waals surface area (Å²) in [4.78, 5) is 23.4. The van der Waals surface area contributed by atoms with Crippen molar-refractivity contribution in [1.82, 2.24) is 14.9 Å². The molecule has 2 N–H and O–H groups in total. The molecule has 0 saturated carbocycles. The molecule has 0 radical (unpaired) electrons. The zero-order valence-electron chi connectivity index (χ0n) is 15.4. The van der Waals surface area contributed by atoms with Crippen molar-refractivity contribution in [3.8, 4) is 11.1 Å². The van der Waals surface area contributed by atoms with Crippen LogP contribution in [0.2, 0.25) is 0 Å². The molecule has 28 heavy (non-hydrogen) atoms. The number of carbonyl (C=O) groups excluding carboxylic acids is 1. The Morgan fingerprint density at radius 1 is 1.14 bits per heavy atom. The van der Waals surface area contributed by atoms with Gasteiger partial charge in [-0.2, -0.15) is 0 Å². The predicted molar refractivity (Wildman–Crippen MR) is 106 cm³/mol. The Labute approximate surface area is 163 Å². The smallest absolute Gasteiger partial charge is 0.227 e. The number of rotatable bonds is 4. The largest absolute Gasteiger partial charge is 0.368 e. The zero-order chi connectivity index (χ0) is 19.5. The second kappa shape index (κ2) is 7.76. The number of hydrogen-bond acceptors (Lipinski definition) is 4. The van der Waals surface area contributed by atoms with Crippen molar-refractivity contribution >= 4 is 11.9 Å². The van der Waals surface area contributed by atoms with Gasteiger partial charge in [-0.1, -0.05) is 42.5 Å². The van der Waals surface area contributed by atoms with Crippen LogP contribution in [-0.4, -0.2) is 27.3 Å². The van der Waals surface area contributed by atoms with Gasteiger partial charge in [-0.25, -0.2) is 14.4 Å². The van der Waals surface area contributed by atoms with Crippen LogP contribution in [0.4, 0.5) is 10.3 Å². The average molecular weight is 376 g/mol. The van der Waals surface area contributed by atoms with Gasteiger partial charge in [-0.3, -0.25) is 4.79 Å². The normalized spacial score (nSPS) is 16.3. The van der Waals surface area contributed by atoms with E-state index in [0.29, 0.717) is 13.0 Å². The van der Waals surface area contributed by atoms with Gasteiger partial charge in [0.25, 0.3) is 0 Å². The Morgan fingerprint density at radius 2 is 1.89 bits per heavy atom. The van der Waals surface area contributed by atoms with Crippen LogP contribution in [0.5, 0.6) is 0 Å². The number of nitrogens with two attached hydrogens (primary N) is 1. The molecule has 1 amide bonds. The molecule has 2 aromatic carbocycles. The highest BCUT2D eigenvalue weighted by Gasteiger charge is 2.33. The number of halogens is 1. The maximum absolute atomic E-state index is 13.3. The third kappa shape index (κ3) is 3.71. The van der Waals surface area contributed by atoms with Crippen molar-refractivity contribution in [3.63, 3.8) is 0 Å². The van der Waals surface area contributed by atoms with E-state index in [-0.39, 0.29) is 23.7 Å². The molecule has 1 fully saturated rings. The Hall–Kier alpha value is -3.28. The molecule has 0 bridgehead atoms. The van der Waals surface area contributed by atoms with Gasteiger partial charge in [-0.15, -0.1) is 0 Å². The number of nitrogens with zero attached hydrogens (tertiary/aromatic N) is 3. The van der Waals surface area contributed by atoms with Crippen molar-refractivity contribution in [2.24, 2.45) is 0 Å². The third-order valence-corrected chi connectivity index (χ3v) is 5.08. The summed E-state index contributed by atoms with van der Waals surface area (Å²) in [5.41, 5.74) is 9.14. The first-order valence-corrected chi connectivity index (χ1v) is 9.33. The number of aromatic nitrogens is 2. The maximum Gasteiger partial charge on any atom is 0.227 e. The maximum atomic E-state index is 13.3. The highest BCUT2D eigenvalue weighted by molar-refractivity contribution is 5.80. The van der Waals surface area contributed by atoms with Crippen LogP contribution in [0.15, 0.2) is 60.8 Å². The SMILES string of the molecule is Nc1ncc(-c2ccc(F)cc2)c([C@H]2CCCN2C(=O)Cc2ccccc2)n1. The molecule has 2 heterocycles. The van der Waals surface area contributed by atoms with Gasteiger partial charge in [0, 0.05) is 18.3 Å². The van der Waals surface area contributed by atoms with Crippen LogP contribution >= 0.6 is 0 Å². The van der Waals surface area contributed by atoms with E-state index in [1.54, 1.807) is 18.3 Å². The summed E-state index contributed by atoms with van der Waals surface area (Å²) in [5.74, 6) is -0.0682. The monoisotopic (exact) mass is 376 g/mol. The van der Waals surface area contributed by atoms with Crippen molar-refractivity contribution < 1.29 is 9.18 Å². The number of anilines is 1. The lowest BCUT2D eigenvalue weighted by Crippen LogP contribution is -2.32. The summed E-state index contributed by atoms with van der Waals surface area (Å²) in [6, 6.07) is 15.7. The van der Waals surface area contributed by atoms with Crippen LogP contribution in [0, 0.1) is 5.82 Å². The van der Waals surface area contributed by atoms with Gasteiger partial charge < -0.3 is 10.6 Å². The van der Waals surface area contributed by atoms with Crippen LogP contribution in [0.25, 0.3) is 11.1 Å². The quantitative estimate of drug-likeness (QED) is 0.752. The molecule has 3 aromatic rings. The molecule has 1 aromatic heterocycles. The Bertz CT molecular complexity index is 976. The van der Waals surface area contributed by atoms with Crippen LogP contribution in [0.1, 0.15) is 30.1 Å². The molecule has 1 atom stereocenters. The fourth-order valence-corrected chi connectivity index (χ4v) is 3.74. The van der Waals surface area contributed by atoms with Crippen molar-refractivity contribution in [3.05, 3.63) is 77.9 Å². The topological polar surface area (TPSA) is 72.1 Å². The number of amides is 1. The molecule has 1 saturated heterocycles. The second-order valence-corrected chi connectivity index (χ2v) is 6.94. The summed E-state index contributed by atoms with van der Waals surface area (Å²) in [6.45, 7) is 0.684. The zero-order valence-corrected chi connectivity index (χ0v) is 15.4. The van der Waals surface area contributed by atoms with E-state index in [9.17, 15) is 9.18 Å². The van der Waals surface area contributed by atoms with E-state index in [4.69, 9.17) is 5.73 Å². The summed E-state index contributed by atoms with van der Waals surface area (Å²) < 4.78 is 13.3. The van der Waals surface area contributed by atoms with Gasteiger partial charge in [0.2, 0.25) is 11.9 Å². The molecule has 5 nitrogen and oxygen atoms in total. The van der Waals surface area contributed by atoms with Crippen LogP contribution in [-0.2, 0) is 11.2 Å². The number of likely N-dealkylation sites (tertiary alicyclic amines) is 1. The lowest BCUT2D eigenvalue weighted by atomic mass is 9.99. The van der Waals surface area contributed by atoms with E-state index >= 15 is 0 Å². The molecule has 142 valence electrons. The summed E-state index contributed by atoms with van der Waals surface area (Å²) in [7, 11) is 0. The average Bonchev–Trinajstić information content (AvgIpc) is 3.19. The van der Waals surface area contributed by atoms with Gasteiger partial charge in [0.15, 0.2) is 0 Å². The van der Waals surface area contributed by atoms with Crippen molar-refractivity contribution in [2.45, 2.75) is 25.3 Å². The first kappa shape index (κ1) is 18.1. The van der Waals surface area contributed by atoms with E-state index < -0.39 is 0 Å². The predicted octanol–water partition coefficient (Wildman–Crippen LogP) is 3.77. The fourth-order valence-electron chi connectivity index (χ4n) is 3.74. The minimum atomic E-state index is -0.304. The number of benzene rings is 2. The van der Waals surface area contributed by atoms with Gasteiger partial charge >= 0.3 is 0 Å². The molecule has 1 aliphatic heterocycles. The summed E-state index contributed by atoms with van der Waals surface area (Å²) >= 11 is 0. The first-order chi connectivity index (χ1) is 13.6. The molecular weight excluding hydrogens is 355 g/mol. The van der Waals surface area contributed by atoms with E-state index in [2.05, 4.69) is 9.97 Å². The first-order valence-electron chi connectivity index (χ1n) is 9.33. The van der Waals surface area contributed by atoms with Crippen molar-refractivity contribution in [2.75, 3.05) is 12.3 Å². The molecule has 6 heteroatoms. The molecule has 1 aliphatic rings. The van der Waals surface area contributed by atoms with Gasteiger partial charge in [0.05, 0.1) is 18.2 Å². The standard InChI is InChI=1S/C22H21FN4O/c23-17-10-8-16(9-11-17)18-14-25-22(24)26-21(18)19-7-4-12-27(19)20(28)13-15-5-2-1-3-6-15/h1-3,5-6,8-11,14,19H,4,7,12-13H2,(H2,24,25,26)/t19-/m1/s1. The lowest BCUT2D eigenvalue weighted by Gasteiger charge is -2.26. The lowest BCUT2D eigenvalue weighted by molar-refractivity contribution is -0.131. The van der Waals surface area contributed by atoms with Gasteiger partial charge in [-0.05, 0) is 36.1 Å². The number of hydrogen-bond donors (Lipinski definition) is 1. The third-order valence-electron chi connectivity index (χ3n) is 5.08. The summed E-state index contributed by atoms with van der Waals surface area (Å²) in [5, 5.41) is 0. The Balaban J connectivity index is 1.66. The fraction of sp³-hybridized carbons (Fsp3) is 0.227. The highest BCUT2D eigenvalue weighted by atomic mass is 19.1. The molecule has 4 rings (SSSR count). The van der Waals surface area contributed by atoms with Crippen LogP contribution < -0.4 is 5.73 Å². The second-order valence-electron chi connectivity index (χ2n) is 6.94.